The Bertz CT molecular complexity index is 1220. The Morgan fingerprint density at radius 1 is 0.971 bits per heavy atom. The van der Waals surface area contributed by atoms with Gasteiger partial charge in [-0.15, -0.1) is 0 Å². The first-order valence-corrected chi connectivity index (χ1v) is 10.8. The molecule has 0 aliphatic heterocycles. The number of nitrogens with one attached hydrogen (secondary N) is 1. The number of aromatic nitrogens is 1. The first kappa shape index (κ1) is 24.6. The molecule has 0 aliphatic rings. The third kappa shape index (κ3) is 6.06. The molecule has 0 saturated heterocycles. The van der Waals surface area contributed by atoms with Gasteiger partial charge in [0.15, 0.2) is 18.1 Å². The number of rotatable bonds is 11. The molecule has 1 amide bonds. The molecular formula is C25H28N2O7. The van der Waals surface area contributed by atoms with Crippen molar-refractivity contribution in [2.45, 2.75) is 19.9 Å². The second-order valence-corrected chi connectivity index (χ2v) is 7.35. The van der Waals surface area contributed by atoms with E-state index in [1.165, 1.54) is 10.8 Å². The van der Waals surface area contributed by atoms with Crippen molar-refractivity contribution in [2.75, 3.05) is 34.0 Å². The molecule has 1 heterocycles. The quantitative estimate of drug-likeness (QED) is 0.431. The number of nitrogens with zero attached hydrogens (tertiary/aromatic N) is 1. The monoisotopic (exact) mass is 468 g/mol. The summed E-state index contributed by atoms with van der Waals surface area (Å²) in [4.78, 5) is 36.9. The molecule has 1 N–H and O–H groups in total. The number of pyridine rings is 1. The molecule has 0 radical (unpaired) electrons. The van der Waals surface area contributed by atoms with Gasteiger partial charge in [-0.2, -0.15) is 0 Å². The first-order chi connectivity index (χ1) is 16.5. The highest BCUT2D eigenvalue weighted by molar-refractivity contribution is 5.88. The molecule has 3 aromatic rings. The second-order valence-electron chi connectivity index (χ2n) is 7.35. The average Bonchev–Trinajstić information content (AvgIpc) is 2.84. The fraction of sp³-hybridized carbons (Fsp3) is 0.320. The van der Waals surface area contributed by atoms with Crippen molar-refractivity contribution < 1.29 is 28.5 Å². The highest BCUT2D eigenvalue weighted by atomic mass is 16.6. The maximum absolute atomic E-state index is 12.9. The van der Waals surface area contributed by atoms with Crippen molar-refractivity contribution in [3.05, 3.63) is 64.6 Å². The summed E-state index contributed by atoms with van der Waals surface area (Å²) in [6.07, 6.45) is 2.13. The van der Waals surface area contributed by atoms with E-state index in [-0.39, 0.29) is 31.2 Å². The highest BCUT2D eigenvalue weighted by Gasteiger charge is 2.12. The molecule has 0 atom stereocenters. The molecule has 9 heteroatoms. The molecule has 0 fully saturated rings. The third-order valence-corrected chi connectivity index (χ3v) is 5.13. The van der Waals surface area contributed by atoms with Gasteiger partial charge in [0.2, 0.25) is 5.91 Å². The fourth-order valence-corrected chi connectivity index (χ4v) is 3.47. The normalized spacial score (nSPS) is 10.6. The van der Waals surface area contributed by atoms with Crippen LogP contribution in [0.3, 0.4) is 0 Å². The Kier molecular flexibility index (Phi) is 8.50. The van der Waals surface area contributed by atoms with Crippen molar-refractivity contribution in [2.24, 2.45) is 0 Å². The number of carbonyl (C=O) groups is 2. The zero-order valence-electron chi connectivity index (χ0n) is 19.5. The molecule has 9 nitrogen and oxygen atoms in total. The van der Waals surface area contributed by atoms with Crippen LogP contribution in [-0.2, 0) is 27.3 Å². The average molecular weight is 469 g/mol. The van der Waals surface area contributed by atoms with Crippen molar-refractivity contribution >= 4 is 22.6 Å². The van der Waals surface area contributed by atoms with E-state index in [1.807, 2.05) is 18.2 Å². The number of methoxy groups -OCH3 is 2. The summed E-state index contributed by atoms with van der Waals surface area (Å²) in [5, 5.41) is 3.78. The Morgan fingerprint density at radius 3 is 2.50 bits per heavy atom. The summed E-state index contributed by atoms with van der Waals surface area (Å²) in [5.41, 5.74) is 0.658. The Morgan fingerprint density at radius 2 is 1.76 bits per heavy atom. The Balaban J connectivity index is 1.62. The van der Waals surface area contributed by atoms with Gasteiger partial charge in [0.05, 0.1) is 26.2 Å². The Labute approximate surface area is 197 Å². The van der Waals surface area contributed by atoms with E-state index < -0.39 is 5.97 Å². The topological polar surface area (TPSA) is 105 Å². The van der Waals surface area contributed by atoms with E-state index in [4.69, 9.17) is 18.9 Å². The maximum atomic E-state index is 12.9. The number of amides is 1. The van der Waals surface area contributed by atoms with Gasteiger partial charge in [-0.1, -0.05) is 12.1 Å². The molecule has 0 bridgehead atoms. The molecule has 0 saturated carbocycles. The molecule has 3 rings (SSSR count). The zero-order chi connectivity index (χ0) is 24.5. The molecule has 0 aliphatic carbocycles. The molecule has 2 aromatic carbocycles. The minimum atomic E-state index is -0.488. The van der Waals surface area contributed by atoms with Crippen LogP contribution in [0.5, 0.6) is 17.2 Å². The molecule has 0 spiro atoms. The van der Waals surface area contributed by atoms with Gasteiger partial charge in [-0.25, -0.2) is 4.79 Å². The molecular weight excluding hydrogens is 440 g/mol. The van der Waals surface area contributed by atoms with Crippen molar-refractivity contribution in [3.8, 4) is 17.2 Å². The summed E-state index contributed by atoms with van der Waals surface area (Å²) in [6.45, 7) is 2.01. The number of hydrogen-bond donors (Lipinski definition) is 1. The van der Waals surface area contributed by atoms with Crippen LogP contribution in [0, 0.1) is 0 Å². The SMILES string of the molecule is CCOC(=O)COc1cccc2c(=O)n(CC(=O)NCCc3ccc(OC)c(OC)c3)ccc12. The van der Waals surface area contributed by atoms with Crippen LogP contribution in [0.1, 0.15) is 12.5 Å². The highest BCUT2D eigenvalue weighted by Crippen LogP contribution is 2.27. The van der Waals surface area contributed by atoms with E-state index >= 15 is 0 Å². The maximum Gasteiger partial charge on any atom is 0.344 e. The van der Waals surface area contributed by atoms with Gasteiger partial charge in [-0.05, 0) is 49.2 Å². The van der Waals surface area contributed by atoms with Crippen LogP contribution in [0.2, 0.25) is 0 Å². The Hall–Kier alpha value is -4.01. The van der Waals surface area contributed by atoms with Crippen molar-refractivity contribution in [1.82, 2.24) is 9.88 Å². The summed E-state index contributed by atoms with van der Waals surface area (Å²) in [5.74, 6) is 0.892. The second kappa shape index (κ2) is 11.7. The predicted octanol–water partition coefficient (Wildman–Crippen LogP) is 2.32. The molecule has 0 unspecified atom stereocenters. The molecule has 34 heavy (non-hydrogen) atoms. The lowest BCUT2D eigenvalue weighted by molar-refractivity contribution is -0.145. The van der Waals surface area contributed by atoms with Crippen LogP contribution < -0.4 is 25.1 Å². The van der Waals surface area contributed by atoms with Crippen molar-refractivity contribution in [3.63, 3.8) is 0 Å². The summed E-state index contributed by atoms with van der Waals surface area (Å²) >= 11 is 0. The number of esters is 1. The number of ether oxygens (including phenoxy) is 4. The van der Waals surface area contributed by atoms with Crippen molar-refractivity contribution in [1.29, 1.82) is 0 Å². The van der Waals surface area contributed by atoms with Crippen LogP contribution in [-0.4, -0.2) is 50.4 Å². The fourth-order valence-electron chi connectivity index (χ4n) is 3.47. The number of benzene rings is 2. The van der Waals surface area contributed by atoms with Gasteiger partial charge >= 0.3 is 5.97 Å². The van der Waals surface area contributed by atoms with E-state index in [0.717, 1.165) is 5.56 Å². The summed E-state index contributed by atoms with van der Waals surface area (Å²) < 4.78 is 22.2. The number of hydrogen-bond acceptors (Lipinski definition) is 7. The van der Waals surface area contributed by atoms with Crippen LogP contribution in [0.25, 0.3) is 10.8 Å². The van der Waals surface area contributed by atoms with E-state index in [1.54, 1.807) is 45.4 Å². The van der Waals surface area contributed by atoms with Crippen LogP contribution >= 0.6 is 0 Å². The summed E-state index contributed by atoms with van der Waals surface area (Å²) in [7, 11) is 3.14. The minimum Gasteiger partial charge on any atom is -0.493 e. The minimum absolute atomic E-state index is 0.116. The number of carbonyl (C=O) groups excluding carboxylic acids is 2. The summed E-state index contributed by atoms with van der Waals surface area (Å²) in [6, 6.07) is 12.3. The zero-order valence-corrected chi connectivity index (χ0v) is 19.5. The van der Waals surface area contributed by atoms with E-state index in [2.05, 4.69) is 5.32 Å². The van der Waals surface area contributed by atoms with Crippen LogP contribution in [0.15, 0.2) is 53.5 Å². The van der Waals surface area contributed by atoms with Gasteiger partial charge in [0.25, 0.3) is 5.56 Å². The van der Waals surface area contributed by atoms with E-state index in [0.29, 0.717) is 41.0 Å². The standard InChI is InChI=1S/C25H28N2O7/c1-4-33-24(29)16-34-20-7-5-6-19-18(20)11-13-27(25(19)30)15-23(28)26-12-10-17-8-9-21(31-2)22(14-17)32-3/h5-9,11,13-14H,4,10,12,15-16H2,1-3H3,(H,26,28). The molecule has 180 valence electrons. The van der Waals surface area contributed by atoms with Gasteiger partial charge in [0, 0.05) is 18.1 Å². The smallest absolute Gasteiger partial charge is 0.344 e. The van der Waals surface area contributed by atoms with Gasteiger partial charge in [0.1, 0.15) is 12.3 Å². The van der Waals surface area contributed by atoms with E-state index in [9.17, 15) is 14.4 Å². The lowest BCUT2D eigenvalue weighted by Crippen LogP contribution is -2.33. The first-order valence-electron chi connectivity index (χ1n) is 10.8. The lowest BCUT2D eigenvalue weighted by atomic mass is 10.1. The third-order valence-electron chi connectivity index (χ3n) is 5.13. The van der Waals surface area contributed by atoms with Gasteiger partial charge < -0.3 is 28.8 Å². The van der Waals surface area contributed by atoms with Gasteiger partial charge in [-0.3, -0.25) is 9.59 Å². The molecule has 1 aromatic heterocycles. The lowest BCUT2D eigenvalue weighted by Gasteiger charge is -2.12. The van der Waals surface area contributed by atoms with Crippen LogP contribution in [0.4, 0.5) is 0 Å². The number of fused-ring (bicyclic) bond motifs is 1. The largest absolute Gasteiger partial charge is 0.493 e. The predicted molar refractivity (Wildman–Crippen MR) is 127 cm³/mol.